The first-order chi connectivity index (χ1) is 9.49. The molecule has 4 aliphatic heterocycles. The van der Waals surface area contributed by atoms with Gasteiger partial charge in [0.2, 0.25) is 5.91 Å². The first-order valence-corrected chi connectivity index (χ1v) is 7.75. The van der Waals surface area contributed by atoms with Crippen molar-refractivity contribution in [1.29, 1.82) is 0 Å². The van der Waals surface area contributed by atoms with E-state index in [0.717, 1.165) is 32.5 Å². The van der Waals surface area contributed by atoms with Crippen LogP contribution in [0.25, 0.3) is 0 Å². The van der Waals surface area contributed by atoms with Gasteiger partial charge in [0, 0.05) is 25.0 Å². The van der Waals surface area contributed by atoms with Gasteiger partial charge >= 0.3 is 5.97 Å². The number of hydrogen-bond acceptors (Lipinski definition) is 3. The van der Waals surface area contributed by atoms with Crippen molar-refractivity contribution in [2.45, 2.75) is 45.2 Å². The number of aliphatic carboxylic acids is 1. The number of rotatable bonds is 2. The molecule has 1 N–H and O–H groups in total. The lowest BCUT2D eigenvalue weighted by Crippen LogP contribution is -2.64. The van der Waals surface area contributed by atoms with Crippen molar-refractivity contribution >= 4 is 11.9 Å². The molecule has 1 amide bonds. The summed E-state index contributed by atoms with van der Waals surface area (Å²) in [6.07, 6.45) is 2.67. The van der Waals surface area contributed by atoms with Crippen molar-refractivity contribution in [2.75, 3.05) is 19.6 Å². The lowest BCUT2D eigenvalue weighted by molar-refractivity contribution is -0.161. The second-order valence-electron chi connectivity index (χ2n) is 6.79. The van der Waals surface area contributed by atoms with Gasteiger partial charge < -0.3 is 14.9 Å². The maximum Gasteiger partial charge on any atom is 0.308 e. The number of carbonyl (C=O) groups excluding carboxylic acids is 1. The average molecular weight is 280 g/mol. The van der Waals surface area contributed by atoms with Gasteiger partial charge in [0.1, 0.15) is 0 Å². The van der Waals surface area contributed by atoms with Crippen molar-refractivity contribution in [3.8, 4) is 0 Å². The Bertz CT molecular complexity index is 417. The molecule has 20 heavy (non-hydrogen) atoms. The monoisotopic (exact) mass is 280 g/mol. The Morgan fingerprint density at radius 2 is 1.90 bits per heavy atom. The third-order valence-corrected chi connectivity index (χ3v) is 5.62. The van der Waals surface area contributed by atoms with Crippen LogP contribution < -0.4 is 0 Å². The van der Waals surface area contributed by atoms with E-state index in [4.69, 9.17) is 0 Å². The first kappa shape index (κ1) is 13.9. The van der Waals surface area contributed by atoms with Crippen molar-refractivity contribution in [3.63, 3.8) is 0 Å². The van der Waals surface area contributed by atoms with Crippen LogP contribution in [0, 0.1) is 17.8 Å². The van der Waals surface area contributed by atoms with Gasteiger partial charge in [-0.2, -0.15) is 0 Å². The molecule has 4 unspecified atom stereocenters. The predicted molar refractivity (Wildman–Crippen MR) is 74.2 cm³/mol. The van der Waals surface area contributed by atoms with Crippen LogP contribution >= 0.6 is 0 Å². The van der Waals surface area contributed by atoms with E-state index in [9.17, 15) is 14.7 Å². The first-order valence-electron chi connectivity index (χ1n) is 7.75. The molecule has 5 heteroatoms. The van der Waals surface area contributed by atoms with Crippen LogP contribution in [0.1, 0.15) is 33.1 Å². The van der Waals surface area contributed by atoms with E-state index in [1.807, 2.05) is 18.7 Å². The Morgan fingerprint density at radius 1 is 1.25 bits per heavy atom. The summed E-state index contributed by atoms with van der Waals surface area (Å²) in [5, 5.41) is 9.46. The highest BCUT2D eigenvalue weighted by Gasteiger charge is 2.48. The second-order valence-corrected chi connectivity index (χ2v) is 6.79. The molecule has 2 bridgehead atoms. The summed E-state index contributed by atoms with van der Waals surface area (Å²) in [4.78, 5) is 28.3. The molecular weight excluding hydrogens is 256 g/mol. The van der Waals surface area contributed by atoms with Crippen molar-refractivity contribution in [1.82, 2.24) is 9.80 Å². The van der Waals surface area contributed by atoms with E-state index in [2.05, 4.69) is 4.90 Å². The Balaban J connectivity index is 1.84. The van der Waals surface area contributed by atoms with Crippen molar-refractivity contribution < 1.29 is 14.7 Å². The Kier molecular flexibility index (Phi) is 3.48. The number of piperidine rings is 4. The number of likely N-dealkylation sites (tertiary alicyclic amines) is 1. The average Bonchev–Trinajstić information content (AvgIpc) is 2.38. The lowest BCUT2D eigenvalue weighted by Gasteiger charge is -2.53. The molecule has 0 radical (unpaired) electrons. The maximum absolute atomic E-state index is 12.5. The summed E-state index contributed by atoms with van der Waals surface area (Å²) in [6.45, 7) is 7.01. The lowest BCUT2D eigenvalue weighted by atomic mass is 9.76. The van der Waals surface area contributed by atoms with Crippen LogP contribution in [-0.4, -0.2) is 58.5 Å². The molecule has 4 saturated heterocycles. The number of fused-ring (bicyclic) bond motifs is 3. The summed E-state index contributed by atoms with van der Waals surface area (Å²) < 4.78 is 0. The largest absolute Gasteiger partial charge is 0.481 e. The quantitative estimate of drug-likeness (QED) is 0.821. The normalized spacial score (nSPS) is 44.7. The molecule has 112 valence electrons. The molecule has 0 saturated carbocycles. The topological polar surface area (TPSA) is 60.9 Å². The Labute approximate surface area is 119 Å². The van der Waals surface area contributed by atoms with Crippen LogP contribution in [-0.2, 0) is 9.59 Å². The SMILES string of the molecule is CC1CC(=O)N(C2CN3CCC2CC3)C(C)C1C(=O)O. The fourth-order valence-electron chi connectivity index (χ4n) is 4.57. The van der Waals surface area contributed by atoms with E-state index < -0.39 is 11.9 Å². The zero-order valence-electron chi connectivity index (χ0n) is 12.3. The minimum absolute atomic E-state index is 0.0627. The van der Waals surface area contributed by atoms with Gasteiger partial charge in [-0.3, -0.25) is 9.59 Å². The molecular formula is C15H24N2O3. The zero-order chi connectivity index (χ0) is 14.4. The molecule has 4 fully saturated rings. The summed E-state index contributed by atoms with van der Waals surface area (Å²) in [5.41, 5.74) is 0. The smallest absolute Gasteiger partial charge is 0.308 e. The molecule has 0 aromatic rings. The summed E-state index contributed by atoms with van der Waals surface area (Å²) in [6, 6.07) is 0.0450. The fourth-order valence-corrected chi connectivity index (χ4v) is 4.57. The van der Waals surface area contributed by atoms with Gasteiger partial charge in [-0.1, -0.05) is 6.92 Å². The zero-order valence-corrected chi connectivity index (χ0v) is 12.3. The highest BCUT2D eigenvalue weighted by atomic mass is 16.4. The second kappa shape index (κ2) is 5.02. The van der Waals surface area contributed by atoms with E-state index >= 15 is 0 Å². The van der Waals surface area contributed by atoms with Crippen LogP contribution in [0.3, 0.4) is 0 Å². The van der Waals surface area contributed by atoms with Crippen LogP contribution in [0.5, 0.6) is 0 Å². The molecule has 4 heterocycles. The summed E-state index contributed by atoms with van der Waals surface area (Å²) in [7, 11) is 0. The molecule has 0 aromatic heterocycles. The standard InChI is InChI=1S/C15H24N2O3/c1-9-7-13(18)17(10(2)14(9)15(19)20)12-8-16-5-3-11(12)4-6-16/h9-12,14H,3-8H2,1-2H3,(H,19,20). The highest BCUT2D eigenvalue weighted by molar-refractivity contribution is 5.82. The molecule has 4 atom stereocenters. The van der Waals surface area contributed by atoms with E-state index in [1.54, 1.807) is 0 Å². The highest BCUT2D eigenvalue weighted by Crippen LogP contribution is 2.37. The van der Waals surface area contributed by atoms with Gasteiger partial charge in [0.15, 0.2) is 0 Å². The number of carboxylic acids is 1. The molecule has 4 aliphatic rings. The third-order valence-electron chi connectivity index (χ3n) is 5.62. The number of hydrogen-bond donors (Lipinski definition) is 1. The van der Waals surface area contributed by atoms with Crippen LogP contribution in [0.4, 0.5) is 0 Å². The van der Waals surface area contributed by atoms with Crippen LogP contribution in [0.2, 0.25) is 0 Å². The minimum Gasteiger partial charge on any atom is -0.481 e. The van der Waals surface area contributed by atoms with Crippen molar-refractivity contribution in [3.05, 3.63) is 0 Å². The van der Waals surface area contributed by atoms with Gasteiger partial charge in [-0.05, 0) is 44.7 Å². The summed E-state index contributed by atoms with van der Waals surface area (Å²) in [5.74, 6) is -0.533. The maximum atomic E-state index is 12.5. The molecule has 0 aliphatic carbocycles. The number of nitrogens with zero attached hydrogens (tertiary/aromatic N) is 2. The molecule has 0 spiro atoms. The Morgan fingerprint density at radius 3 is 2.40 bits per heavy atom. The number of carbonyl (C=O) groups is 2. The van der Waals surface area contributed by atoms with Gasteiger partial charge in [-0.25, -0.2) is 0 Å². The Hall–Kier alpha value is -1.10. The third kappa shape index (κ3) is 2.12. The van der Waals surface area contributed by atoms with E-state index in [-0.39, 0.29) is 23.9 Å². The van der Waals surface area contributed by atoms with E-state index in [1.165, 1.54) is 0 Å². The van der Waals surface area contributed by atoms with Crippen molar-refractivity contribution in [2.24, 2.45) is 17.8 Å². The van der Waals surface area contributed by atoms with Gasteiger partial charge in [-0.15, -0.1) is 0 Å². The summed E-state index contributed by atoms with van der Waals surface area (Å²) >= 11 is 0. The molecule has 5 nitrogen and oxygen atoms in total. The molecule has 0 aromatic carbocycles. The van der Waals surface area contributed by atoms with Gasteiger partial charge in [0.25, 0.3) is 0 Å². The van der Waals surface area contributed by atoms with E-state index in [0.29, 0.717) is 12.3 Å². The number of amides is 1. The molecule has 4 rings (SSSR count). The predicted octanol–water partition coefficient (Wildman–Crippen LogP) is 1.04. The fraction of sp³-hybridized carbons (Fsp3) is 0.867. The minimum atomic E-state index is -0.760. The van der Waals surface area contributed by atoms with Gasteiger partial charge in [0.05, 0.1) is 5.92 Å². The number of carboxylic acid groups (broad SMARTS) is 1. The van der Waals surface area contributed by atoms with Crippen LogP contribution in [0.15, 0.2) is 0 Å².